The number of rotatable bonds is 5. The molecule has 3 saturated heterocycles. The average Bonchev–Trinajstić information content (AvgIpc) is 3.65. The standard InChI is InChI=1S/C27H37N7O5/c1-16(2)32-12-18-9-23(32)27(38)33-14-20(10-22(33)26(37)28-17(3)24(35)11-25(36)29-18)34-13-19(30-31-34)15-39-21-7-5-4-6-8-21/h4-8,13,16-18,20,22-24,35H,9-12,14-15H2,1-3H3,(H,28,37)(H,29,36)/t17-,18-,20-,22-,23-,24-/m0/s1. The second-order valence-corrected chi connectivity index (χ2v) is 11.1. The van der Waals surface area contributed by atoms with Gasteiger partial charge >= 0.3 is 0 Å². The Kier molecular flexibility index (Phi) is 7.85. The van der Waals surface area contributed by atoms with Crippen molar-refractivity contribution in [1.82, 2.24) is 35.4 Å². The molecule has 6 atom stereocenters. The van der Waals surface area contributed by atoms with Crippen molar-refractivity contribution < 1.29 is 24.2 Å². The number of aromatic nitrogens is 3. The number of carbonyl (C=O) groups is 3. The van der Waals surface area contributed by atoms with Crippen LogP contribution in [0.1, 0.15) is 51.8 Å². The number of para-hydroxylation sites is 1. The number of aliphatic hydroxyl groups is 1. The second-order valence-electron chi connectivity index (χ2n) is 11.1. The van der Waals surface area contributed by atoms with Crippen LogP contribution < -0.4 is 15.4 Å². The third-order valence-corrected chi connectivity index (χ3v) is 7.92. The van der Waals surface area contributed by atoms with E-state index in [4.69, 9.17) is 4.74 Å². The number of fused-ring (bicyclic) bond motifs is 3. The number of nitrogens with one attached hydrogen (secondary N) is 2. The molecule has 3 N–H and O–H groups in total. The number of ether oxygens (including phenoxy) is 1. The van der Waals surface area contributed by atoms with Gasteiger partial charge in [-0.2, -0.15) is 0 Å². The molecule has 4 heterocycles. The summed E-state index contributed by atoms with van der Waals surface area (Å²) in [4.78, 5) is 43.7. The van der Waals surface area contributed by atoms with Crippen molar-refractivity contribution in [2.75, 3.05) is 13.1 Å². The molecule has 0 spiro atoms. The minimum absolute atomic E-state index is 0.0764. The lowest BCUT2D eigenvalue weighted by atomic mass is 10.1. The van der Waals surface area contributed by atoms with Gasteiger partial charge in [-0.3, -0.25) is 19.3 Å². The smallest absolute Gasteiger partial charge is 0.243 e. The van der Waals surface area contributed by atoms with Crippen LogP contribution in [0, 0.1) is 0 Å². The van der Waals surface area contributed by atoms with Crippen molar-refractivity contribution >= 4 is 17.7 Å². The van der Waals surface area contributed by atoms with E-state index < -0.39 is 24.2 Å². The highest BCUT2D eigenvalue weighted by molar-refractivity contribution is 5.91. The van der Waals surface area contributed by atoms with E-state index >= 15 is 0 Å². The molecule has 2 aromatic rings. The van der Waals surface area contributed by atoms with E-state index in [1.807, 2.05) is 44.2 Å². The Morgan fingerprint density at radius 2 is 1.85 bits per heavy atom. The molecular formula is C27H37N7O5. The van der Waals surface area contributed by atoms with Gasteiger partial charge in [-0.15, -0.1) is 5.10 Å². The third kappa shape index (κ3) is 5.91. The van der Waals surface area contributed by atoms with Gasteiger partial charge in [-0.05, 0) is 39.3 Å². The Morgan fingerprint density at radius 1 is 1.08 bits per heavy atom. The molecule has 5 rings (SSSR count). The molecule has 3 fully saturated rings. The maximum Gasteiger partial charge on any atom is 0.243 e. The molecule has 0 saturated carbocycles. The molecule has 3 amide bonds. The SMILES string of the molecule is CC(C)N1C[C@@H]2C[C@H]1C(=O)N1C[C@@H](n3cc(COc4ccccc4)nn3)C[C@H]1C(=O)N[C@@H](C)[C@@H](O)CC(=O)N2. The van der Waals surface area contributed by atoms with Gasteiger partial charge in [0.05, 0.1) is 36.8 Å². The number of hydrogen-bond acceptors (Lipinski definition) is 8. The van der Waals surface area contributed by atoms with Gasteiger partial charge in [0.2, 0.25) is 17.7 Å². The number of hydrogen-bond donors (Lipinski definition) is 3. The molecule has 0 unspecified atom stereocenters. The Balaban J connectivity index is 1.37. The van der Waals surface area contributed by atoms with Crippen molar-refractivity contribution in [3.8, 4) is 5.75 Å². The van der Waals surface area contributed by atoms with Crippen LogP contribution in [0.5, 0.6) is 5.75 Å². The summed E-state index contributed by atoms with van der Waals surface area (Å²) in [6.45, 7) is 6.78. The molecule has 210 valence electrons. The van der Waals surface area contributed by atoms with Crippen molar-refractivity contribution in [2.45, 2.75) is 89.0 Å². The largest absolute Gasteiger partial charge is 0.487 e. The zero-order valence-corrected chi connectivity index (χ0v) is 22.6. The monoisotopic (exact) mass is 539 g/mol. The van der Waals surface area contributed by atoms with Gasteiger partial charge in [0, 0.05) is 31.6 Å². The van der Waals surface area contributed by atoms with E-state index in [-0.39, 0.29) is 48.9 Å². The van der Waals surface area contributed by atoms with Gasteiger partial charge in [0.15, 0.2) is 0 Å². The predicted octanol–water partition coefficient (Wildman–Crippen LogP) is 0.236. The quantitative estimate of drug-likeness (QED) is 0.491. The Hall–Kier alpha value is -3.51. The molecule has 1 aromatic carbocycles. The Morgan fingerprint density at radius 3 is 2.59 bits per heavy atom. The van der Waals surface area contributed by atoms with Gasteiger partial charge in [0.1, 0.15) is 24.1 Å². The fraction of sp³-hybridized carbons (Fsp3) is 0.593. The normalized spacial score (nSPS) is 30.3. The first-order valence-corrected chi connectivity index (χ1v) is 13.6. The number of likely N-dealkylation sites (tertiary alicyclic amines) is 1. The summed E-state index contributed by atoms with van der Waals surface area (Å²) < 4.78 is 7.49. The molecule has 2 bridgehead atoms. The first kappa shape index (κ1) is 27.1. The highest BCUT2D eigenvalue weighted by Crippen LogP contribution is 2.32. The van der Waals surface area contributed by atoms with Gasteiger partial charge < -0.3 is 25.4 Å². The molecular weight excluding hydrogens is 502 g/mol. The van der Waals surface area contributed by atoms with E-state index in [0.717, 1.165) is 5.75 Å². The summed E-state index contributed by atoms with van der Waals surface area (Å²) in [6, 6.07) is 7.20. The zero-order chi connectivity index (χ0) is 27.7. The first-order chi connectivity index (χ1) is 18.7. The lowest BCUT2D eigenvalue weighted by Gasteiger charge is -2.33. The summed E-state index contributed by atoms with van der Waals surface area (Å²) in [7, 11) is 0. The summed E-state index contributed by atoms with van der Waals surface area (Å²) in [6.07, 6.45) is 1.44. The Bertz CT molecular complexity index is 1190. The topological polar surface area (TPSA) is 142 Å². The summed E-state index contributed by atoms with van der Waals surface area (Å²) in [5.74, 6) is -0.0474. The highest BCUT2D eigenvalue weighted by atomic mass is 16.5. The fourth-order valence-electron chi connectivity index (χ4n) is 5.77. The second kappa shape index (κ2) is 11.3. The summed E-state index contributed by atoms with van der Waals surface area (Å²) >= 11 is 0. The van der Waals surface area contributed by atoms with Gasteiger partial charge in [0.25, 0.3) is 0 Å². The lowest BCUT2D eigenvalue weighted by Crippen LogP contribution is -2.55. The highest BCUT2D eigenvalue weighted by Gasteiger charge is 2.47. The van der Waals surface area contributed by atoms with E-state index in [9.17, 15) is 19.5 Å². The number of amides is 3. The summed E-state index contributed by atoms with van der Waals surface area (Å²) in [5.41, 5.74) is 0.642. The fourth-order valence-corrected chi connectivity index (χ4v) is 5.77. The zero-order valence-electron chi connectivity index (χ0n) is 22.6. The van der Waals surface area contributed by atoms with Crippen LogP contribution in [-0.4, -0.2) is 97.0 Å². The van der Waals surface area contributed by atoms with Crippen molar-refractivity contribution in [3.63, 3.8) is 0 Å². The number of nitrogens with zero attached hydrogens (tertiary/aromatic N) is 5. The molecule has 1 aromatic heterocycles. The third-order valence-electron chi connectivity index (χ3n) is 7.92. The summed E-state index contributed by atoms with van der Waals surface area (Å²) in [5, 5.41) is 24.9. The Labute approximate surface area is 227 Å². The molecule has 3 aliphatic rings. The van der Waals surface area contributed by atoms with E-state index in [1.54, 1.807) is 22.7 Å². The molecule has 3 aliphatic heterocycles. The van der Waals surface area contributed by atoms with E-state index in [0.29, 0.717) is 31.6 Å². The molecule has 12 heteroatoms. The maximum absolute atomic E-state index is 14.0. The maximum atomic E-state index is 14.0. The molecule has 0 radical (unpaired) electrons. The van der Waals surface area contributed by atoms with E-state index in [2.05, 4.69) is 25.8 Å². The number of aliphatic hydroxyl groups excluding tert-OH is 1. The van der Waals surface area contributed by atoms with E-state index in [1.165, 1.54) is 0 Å². The minimum atomic E-state index is -1.04. The lowest BCUT2D eigenvalue weighted by molar-refractivity contribution is -0.142. The molecule has 39 heavy (non-hydrogen) atoms. The average molecular weight is 540 g/mol. The first-order valence-electron chi connectivity index (χ1n) is 13.6. The van der Waals surface area contributed by atoms with Crippen molar-refractivity contribution in [3.05, 3.63) is 42.2 Å². The van der Waals surface area contributed by atoms with Gasteiger partial charge in [-0.25, -0.2) is 4.68 Å². The van der Waals surface area contributed by atoms with Crippen molar-refractivity contribution in [2.24, 2.45) is 0 Å². The van der Waals surface area contributed by atoms with Crippen LogP contribution >= 0.6 is 0 Å². The number of carbonyl (C=O) groups excluding carboxylic acids is 3. The van der Waals surface area contributed by atoms with Crippen molar-refractivity contribution in [1.29, 1.82) is 0 Å². The number of benzene rings is 1. The van der Waals surface area contributed by atoms with Gasteiger partial charge in [-0.1, -0.05) is 23.4 Å². The minimum Gasteiger partial charge on any atom is -0.487 e. The van der Waals surface area contributed by atoms with Crippen LogP contribution in [0.2, 0.25) is 0 Å². The molecule has 0 aliphatic carbocycles. The predicted molar refractivity (Wildman–Crippen MR) is 140 cm³/mol. The van der Waals surface area contributed by atoms with Crippen LogP contribution in [-0.2, 0) is 21.0 Å². The van der Waals surface area contributed by atoms with Crippen LogP contribution in [0.15, 0.2) is 36.5 Å². The van der Waals surface area contributed by atoms with Crippen LogP contribution in [0.3, 0.4) is 0 Å². The van der Waals surface area contributed by atoms with Crippen LogP contribution in [0.25, 0.3) is 0 Å². The van der Waals surface area contributed by atoms with Crippen LogP contribution in [0.4, 0.5) is 0 Å². The molecule has 12 nitrogen and oxygen atoms in total.